The SMILES string of the molecule is Cc1ccc2c(c1)NC(CC(=O)c1ccccc1)C(=O)O2. The number of Topliss-reactive ketones (excluding diaryl/α,β-unsaturated/α-hetero) is 1. The zero-order chi connectivity index (χ0) is 14.8. The molecule has 4 heteroatoms. The minimum atomic E-state index is -0.646. The number of anilines is 1. The van der Waals surface area contributed by atoms with Crippen molar-refractivity contribution in [1.82, 2.24) is 0 Å². The molecule has 3 rings (SSSR count). The molecule has 21 heavy (non-hydrogen) atoms. The summed E-state index contributed by atoms with van der Waals surface area (Å²) in [6, 6.07) is 13.8. The minimum absolute atomic E-state index is 0.0796. The molecule has 0 saturated carbocycles. The number of benzene rings is 2. The second-order valence-corrected chi connectivity index (χ2v) is 5.11. The molecule has 0 fully saturated rings. The molecule has 0 amide bonds. The predicted molar refractivity (Wildman–Crippen MR) is 79.6 cm³/mol. The van der Waals surface area contributed by atoms with Crippen molar-refractivity contribution in [3.8, 4) is 5.75 Å². The zero-order valence-corrected chi connectivity index (χ0v) is 11.6. The van der Waals surface area contributed by atoms with Gasteiger partial charge >= 0.3 is 5.97 Å². The molecule has 1 atom stereocenters. The van der Waals surface area contributed by atoms with Gasteiger partial charge in [-0.1, -0.05) is 36.4 Å². The normalized spacial score (nSPS) is 16.6. The summed E-state index contributed by atoms with van der Waals surface area (Å²) in [4.78, 5) is 24.2. The number of hydrogen-bond acceptors (Lipinski definition) is 4. The van der Waals surface area contributed by atoms with Crippen molar-refractivity contribution in [2.45, 2.75) is 19.4 Å². The summed E-state index contributed by atoms with van der Waals surface area (Å²) in [5.74, 6) is 0.00537. The maximum atomic E-state index is 12.2. The highest BCUT2D eigenvalue weighted by Gasteiger charge is 2.29. The predicted octanol–water partition coefficient (Wildman–Crippen LogP) is 2.97. The molecule has 1 N–H and O–H groups in total. The van der Waals surface area contributed by atoms with Crippen LogP contribution in [0.3, 0.4) is 0 Å². The zero-order valence-electron chi connectivity index (χ0n) is 11.6. The van der Waals surface area contributed by atoms with Gasteiger partial charge in [0.2, 0.25) is 0 Å². The van der Waals surface area contributed by atoms with Crippen LogP contribution in [0.15, 0.2) is 48.5 Å². The van der Waals surface area contributed by atoms with Gasteiger partial charge in [-0.25, -0.2) is 4.79 Å². The summed E-state index contributed by atoms with van der Waals surface area (Å²) >= 11 is 0. The van der Waals surface area contributed by atoms with Crippen LogP contribution in [0.4, 0.5) is 5.69 Å². The summed E-state index contributed by atoms with van der Waals surface area (Å²) in [7, 11) is 0. The van der Waals surface area contributed by atoms with Crippen LogP contribution in [-0.4, -0.2) is 17.8 Å². The largest absolute Gasteiger partial charge is 0.423 e. The van der Waals surface area contributed by atoms with Crippen LogP contribution < -0.4 is 10.1 Å². The summed E-state index contributed by atoms with van der Waals surface area (Å²) in [5, 5.41) is 3.09. The third-order valence-electron chi connectivity index (χ3n) is 3.45. The number of aryl methyl sites for hydroxylation is 1. The van der Waals surface area contributed by atoms with Gasteiger partial charge in [-0.2, -0.15) is 0 Å². The third kappa shape index (κ3) is 2.79. The highest BCUT2D eigenvalue weighted by Crippen LogP contribution is 2.31. The molecule has 106 valence electrons. The quantitative estimate of drug-likeness (QED) is 0.534. The topological polar surface area (TPSA) is 55.4 Å². The summed E-state index contributed by atoms with van der Waals surface area (Å²) in [6.07, 6.45) is 0.0796. The first-order valence-electron chi connectivity index (χ1n) is 6.80. The molecule has 0 aliphatic carbocycles. The van der Waals surface area contributed by atoms with E-state index in [4.69, 9.17) is 4.74 Å². The van der Waals surface area contributed by atoms with E-state index in [0.717, 1.165) is 11.3 Å². The van der Waals surface area contributed by atoms with Crippen molar-refractivity contribution in [3.63, 3.8) is 0 Å². The Labute approximate surface area is 122 Å². The van der Waals surface area contributed by atoms with Gasteiger partial charge < -0.3 is 10.1 Å². The molecule has 4 nitrogen and oxygen atoms in total. The fourth-order valence-electron chi connectivity index (χ4n) is 2.33. The minimum Gasteiger partial charge on any atom is -0.423 e. The molecule has 0 aromatic heterocycles. The average molecular weight is 281 g/mol. The fourth-order valence-corrected chi connectivity index (χ4v) is 2.33. The standard InChI is InChI=1S/C17H15NO3/c1-11-7-8-16-13(9-11)18-14(17(20)21-16)10-15(19)12-5-3-2-4-6-12/h2-9,14,18H,10H2,1H3. The molecule has 2 aromatic carbocycles. The first-order chi connectivity index (χ1) is 10.1. The molecule has 0 saturated heterocycles. The van der Waals surface area contributed by atoms with E-state index in [1.54, 1.807) is 30.3 Å². The van der Waals surface area contributed by atoms with Crippen molar-refractivity contribution in [2.75, 3.05) is 5.32 Å². The second-order valence-electron chi connectivity index (χ2n) is 5.11. The second kappa shape index (κ2) is 5.40. The van der Waals surface area contributed by atoms with Crippen molar-refractivity contribution in [2.24, 2.45) is 0 Å². The van der Waals surface area contributed by atoms with E-state index in [1.807, 2.05) is 25.1 Å². The molecule has 0 radical (unpaired) electrons. The molecule has 0 bridgehead atoms. The molecule has 0 spiro atoms. The van der Waals surface area contributed by atoms with Crippen LogP contribution in [0.25, 0.3) is 0 Å². The van der Waals surface area contributed by atoms with Gasteiger partial charge in [-0.15, -0.1) is 0 Å². The van der Waals surface area contributed by atoms with Crippen LogP contribution in [-0.2, 0) is 4.79 Å². The number of rotatable bonds is 3. The van der Waals surface area contributed by atoms with Gasteiger partial charge in [0.1, 0.15) is 6.04 Å². The number of nitrogens with one attached hydrogen (secondary N) is 1. The van der Waals surface area contributed by atoms with E-state index in [2.05, 4.69) is 5.32 Å². The lowest BCUT2D eigenvalue weighted by molar-refractivity contribution is -0.135. The maximum Gasteiger partial charge on any atom is 0.334 e. The van der Waals surface area contributed by atoms with Crippen LogP contribution in [0.1, 0.15) is 22.3 Å². The van der Waals surface area contributed by atoms with Crippen molar-refractivity contribution >= 4 is 17.4 Å². The Bertz CT molecular complexity index is 694. The molecule has 1 heterocycles. The highest BCUT2D eigenvalue weighted by molar-refractivity contribution is 6.00. The first kappa shape index (κ1) is 13.4. The maximum absolute atomic E-state index is 12.2. The lowest BCUT2D eigenvalue weighted by Crippen LogP contribution is -2.38. The Morgan fingerprint density at radius 1 is 1.19 bits per heavy atom. The number of carbonyl (C=O) groups is 2. The smallest absolute Gasteiger partial charge is 0.334 e. The lowest BCUT2D eigenvalue weighted by atomic mass is 10.0. The number of hydrogen-bond donors (Lipinski definition) is 1. The van der Waals surface area contributed by atoms with E-state index in [9.17, 15) is 9.59 Å². The van der Waals surface area contributed by atoms with Gasteiger partial charge in [-0.05, 0) is 24.6 Å². The van der Waals surface area contributed by atoms with Gasteiger partial charge in [0.25, 0.3) is 0 Å². The van der Waals surface area contributed by atoms with Crippen molar-refractivity contribution in [1.29, 1.82) is 0 Å². The van der Waals surface area contributed by atoms with Gasteiger partial charge in [0.05, 0.1) is 5.69 Å². The Balaban J connectivity index is 1.78. The van der Waals surface area contributed by atoms with E-state index < -0.39 is 12.0 Å². The fraction of sp³-hybridized carbons (Fsp3) is 0.176. The Morgan fingerprint density at radius 3 is 2.71 bits per heavy atom. The van der Waals surface area contributed by atoms with Crippen molar-refractivity contribution < 1.29 is 14.3 Å². The molecule has 1 aliphatic rings. The van der Waals surface area contributed by atoms with Gasteiger partial charge in [0, 0.05) is 12.0 Å². The van der Waals surface area contributed by atoms with Gasteiger partial charge in [0.15, 0.2) is 11.5 Å². The molecular weight excluding hydrogens is 266 g/mol. The lowest BCUT2D eigenvalue weighted by Gasteiger charge is -2.25. The number of ketones is 1. The third-order valence-corrected chi connectivity index (χ3v) is 3.45. The average Bonchev–Trinajstić information content (AvgIpc) is 2.49. The van der Waals surface area contributed by atoms with E-state index in [0.29, 0.717) is 11.3 Å². The molecule has 1 unspecified atom stereocenters. The molecule has 1 aliphatic heterocycles. The summed E-state index contributed by atoms with van der Waals surface area (Å²) < 4.78 is 5.28. The number of ether oxygens (including phenoxy) is 1. The van der Waals surface area contributed by atoms with Crippen molar-refractivity contribution in [3.05, 3.63) is 59.7 Å². The van der Waals surface area contributed by atoms with E-state index in [1.165, 1.54) is 0 Å². The monoisotopic (exact) mass is 281 g/mol. The van der Waals surface area contributed by atoms with Crippen LogP contribution in [0, 0.1) is 6.92 Å². The molecular formula is C17H15NO3. The summed E-state index contributed by atoms with van der Waals surface area (Å²) in [6.45, 7) is 1.96. The van der Waals surface area contributed by atoms with Crippen LogP contribution in [0.2, 0.25) is 0 Å². The Morgan fingerprint density at radius 2 is 1.95 bits per heavy atom. The Hall–Kier alpha value is -2.62. The van der Waals surface area contributed by atoms with Gasteiger partial charge in [-0.3, -0.25) is 4.79 Å². The van der Waals surface area contributed by atoms with E-state index in [-0.39, 0.29) is 12.2 Å². The summed E-state index contributed by atoms with van der Waals surface area (Å²) in [5.41, 5.74) is 2.41. The van der Waals surface area contributed by atoms with Crippen LogP contribution in [0.5, 0.6) is 5.75 Å². The number of esters is 1. The van der Waals surface area contributed by atoms with E-state index >= 15 is 0 Å². The number of fused-ring (bicyclic) bond motifs is 1. The first-order valence-corrected chi connectivity index (χ1v) is 6.80. The highest BCUT2D eigenvalue weighted by atomic mass is 16.5. The number of carbonyl (C=O) groups excluding carboxylic acids is 2. The van der Waals surface area contributed by atoms with Crippen LogP contribution >= 0.6 is 0 Å². The molecule has 2 aromatic rings. The Kier molecular flexibility index (Phi) is 3.44.